The highest BCUT2D eigenvalue weighted by molar-refractivity contribution is 6.51. The molecule has 1 N–H and O–H groups in total. The van der Waals surface area contributed by atoms with Crippen molar-refractivity contribution in [2.24, 2.45) is 0 Å². The lowest BCUT2D eigenvalue weighted by Crippen LogP contribution is -2.29. The van der Waals surface area contributed by atoms with Crippen LogP contribution in [0.5, 0.6) is 5.75 Å². The van der Waals surface area contributed by atoms with Gasteiger partial charge in [0.25, 0.3) is 11.7 Å². The first kappa shape index (κ1) is 23.3. The van der Waals surface area contributed by atoms with Crippen LogP contribution in [0.1, 0.15) is 55.0 Å². The first-order chi connectivity index (χ1) is 16.3. The molecule has 1 aliphatic rings. The Hall–Kier alpha value is -3.86. The number of carbonyl (C=O) groups is 2. The van der Waals surface area contributed by atoms with E-state index in [0.29, 0.717) is 29.5 Å². The van der Waals surface area contributed by atoms with Crippen LogP contribution >= 0.6 is 0 Å². The summed E-state index contributed by atoms with van der Waals surface area (Å²) in [5, 5.41) is 11.3. The zero-order valence-electron chi connectivity index (χ0n) is 19.9. The van der Waals surface area contributed by atoms with E-state index in [-0.39, 0.29) is 11.3 Å². The van der Waals surface area contributed by atoms with Gasteiger partial charge in [0.1, 0.15) is 11.5 Å². The van der Waals surface area contributed by atoms with E-state index < -0.39 is 17.7 Å². The summed E-state index contributed by atoms with van der Waals surface area (Å²) in [6.07, 6.45) is 0. The third-order valence-electron chi connectivity index (χ3n) is 6.06. The summed E-state index contributed by atoms with van der Waals surface area (Å²) in [5.74, 6) is -0.662. The fourth-order valence-corrected chi connectivity index (χ4v) is 4.33. The molecular weight excluding hydrogens is 426 g/mol. The number of benzene rings is 3. The monoisotopic (exact) mass is 455 g/mol. The Kier molecular flexibility index (Phi) is 6.55. The second kappa shape index (κ2) is 9.56. The van der Waals surface area contributed by atoms with Gasteiger partial charge < -0.3 is 9.84 Å². The number of aliphatic hydroxyl groups is 1. The summed E-state index contributed by atoms with van der Waals surface area (Å²) >= 11 is 0. The van der Waals surface area contributed by atoms with Crippen molar-refractivity contribution in [2.75, 3.05) is 11.5 Å². The highest BCUT2D eigenvalue weighted by Gasteiger charge is 2.47. The van der Waals surface area contributed by atoms with Crippen molar-refractivity contribution in [1.29, 1.82) is 0 Å². The zero-order valence-corrected chi connectivity index (χ0v) is 19.9. The minimum Gasteiger partial charge on any atom is -0.507 e. The number of Topliss-reactive ketones (excluding diaryl/α,β-unsaturated/α-hetero) is 1. The number of aliphatic hydroxyl groups excluding tert-OH is 1. The number of ketones is 1. The second-order valence-electron chi connectivity index (χ2n) is 8.79. The predicted molar refractivity (Wildman–Crippen MR) is 134 cm³/mol. The van der Waals surface area contributed by atoms with Gasteiger partial charge in [-0.05, 0) is 55.2 Å². The third-order valence-corrected chi connectivity index (χ3v) is 6.06. The molecule has 1 heterocycles. The number of hydrogen-bond acceptors (Lipinski definition) is 4. The summed E-state index contributed by atoms with van der Waals surface area (Å²) < 4.78 is 5.56. The zero-order chi connectivity index (χ0) is 24.4. The lowest BCUT2D eigenvalue weighted by molar-refractivity contribution is -0.132. The van der Waals surface area contributed by atoms with Gasteiger partial charge >= 0.3 is 0 Å². The molecule has 34 heavy (non-hydrogen) atoms. The topological polar surface area (TPSA) is 66.8 Å². The lowest BCUT2D eigenvalue weighted by Gasteiger charge is -2.26. The molecule has 0 aliphatic carbocycles. The number of ether oxygens (including phenoxy) is 1. The van der Waals surface area contributed by atoms with Crippen molar-refractivity contribution in [2.45, 2.75) is 39.7 Å². The van der Waals surface area contributed by atoms with E-state index in [1.165, 1.54) is 4.90 Å². The molecule has 0 saturated carbocycles. The summed E-state index contributed by atoms with van der Waals surface area (Å²) in [6.45, 7) is 8.51. The van der Waals surface area contributed by atoms with Gasteiger partial charge in [-0.25, -0.2) is 0 Å². The molecule has 1 aliphatic heterocycles. The van der Waals surface area contributed by atoms with Crippen molar-refractivity contribution in [3.63, 3.8) is 0 Å². The Bertz CT molecular complexity index is 1260. The molecule has 1 amide bonds. The van der Waals surface area contributed by atoms with E-state index >= 15 is 0 Å². The van der Waals surface area contributed by atoms with Crippen LogP contribution in [0.25, 0.3) is 5.76 Å². The van der Waals surface area contributed by atoms with Gasteiger partial charge in [0.15, 0.2) is 0 Å². The Morgan fingerprint density at radius 1 is 1.00 bits per heavy atom. The molecule has 0 radical (unpaired) electrons. The van der Waals surface area contributed by atoms with E-state index in [9.17, 15) is 14.7 Å². The van der Waals surface area contributed by atoms with Crippen molar-refractivity contribution in [1.82, 2.24) is 0 Å². The third kappa shape index (κ3) is 4.34. The number of anilines is 1. The average Bonchev–Trinajstić information content (AvgIpc) is 3.09. The van der Waals surface area contributed by atoms with Crippen LogP contribution < -0.4 is 9.64 Å². The van der Waals surface area contributed by atoms with Gasteiger partial charge in [-0.2, -0.15) is 0 Å². The molecule has 3 aromatic rings. The first-order valence-electron chi connectivity index (χ1n) is 11.5. The lowest BCUT2D eigenvalue weighted by atomic mass is 9.94. The minimum absolute atomic E-state index is 0.0668. The molecule has 3 aromatic carbocycles. The molecule has 0 aromatic heterocycles. The fourth-order valence-electron chi connectivity index (χ4n) is 4.33. The van der Waals surface area contributed by atoms with Crippen LogP contribution in [-0.4, -0.2) is 23.4 Å². The second-order valence-corrected chi connectivity index (χ2v) is 8.79. The van der Waals surface area contributed by atoms with Crippen LogP contribution in [0.3, 0.4) is 0 Å². The summed E-state index contributed by atoms with van der Waals surface area (Å²) in [5.41, 5.74) is 4.00. The van der Waals surface area contributed by atoms with Crippen LogP contribution in [0.15, 0.2) is 78.4 Å². The Balaban J connectivity index is 1.90. The quantitative estimate of drug-likeness (QED) is 0.275. The molecule has 1 saturated heterocycles. The molecule has 1 atom stereocenters. The van der Waals surface area contributed by atoms with Gasteiger partial charge in [-0.1, -0.05) is 67.9 Å². The fraction of sp³-hybridized carbons (Fsp3) is 0.241. The highest BCUT2D eigenvalue weighted by Crippen LogP contribution is 2.42. The van der Waals surface area contributed by atoms with Gasteiger partial charge in [0.2, 0.25) is 0 Å². The van der Waals surface area contributed by atoms with Gasteiger partial charge in [-0.15, -0.1) is 0 Å². The smallest absolute Gasteiger partial charge is 0.300 e. The molecule has 4 rings (SSSR count). The van der Waals surface area contributed by atoms with E-state index in [1.807, 2.05) is 62.4 Å². The minimum atomic E-state index is -0.749. The van der Waals surface area contributed by atoms with Gasteiger partial charge in [0, 0.05) is 11.3 Å². The first-order valence-corrected chi connectivity index (χ1v) is 11.5. The standard InChI is InChI=1S/C29H29NO4/c1-5-34-24-11-7-10-22(17-24)27(31)25-26(21-9-6-8-19(4)16-21)30(29(33)28(25)32)23-14-12-20(13-15-23)18(2)3/h6-18,26,31H,5H2,1-4H3/b27-25-. The summed E-state index contributed by atoms with van der Waals surface area (Å²) in [4.78, 5) is 28.1. The Labute approximate surface area is 200 Å². The molecule has 1 unspecified atom stereocenters. The largest absolute Gasteiger partial charge is 0.507 e. The van der Waals surface area contributed by atoms with E-state index in [2.05, 4.69) is 13.8 Å². The van der Waals surface area contributed by atoms with Crippen molar-refractivity contribution in [3.05, 3.63) is 101 Å². The van der Waals surface area contributed by atoms with Crippen molar-refractivity contribution >= 4 is 23.1 Å². The Morgan fingerprint density at radius 2 is 1.71 bits per heavy atom. The number of amides is 1. The Morgan fingerprint density at radius 3 is 2.35 bits per heavy atom. The molecule has 5 heteroatoms. The normalized spacial score (nSPS) is 17.4. The molecule has 0 spiro atoms. The number of rotatable bonds is 6. The molecule has 0 bridgehead atoms. The predicted octanol–water partition coefficient (Wildman–Crippen LogP) is 6.14. The summed E-state index contributed by atoms with van der Waals surface area (Å²) in [6, 6.07) is 21.5. The molecule has 5 nitrogen and oxygen atoms in total. The number of hydrogen-bond donors (Lipinski definition) is 1. The number of aryl methyl sites for hydroxylation is 1. The van der Waals surface area contributed by atoms with Gasteiger partial charge in [0.05, 0.1) is 18.2 Å². The molecule has 174 valence electrons. The van der Waals surface area contributed by atoms with Crippen LogP contribution in [0.2, 0.25) is 0 Å². The average molecular weight is 456 g/mol. The maximum atomic E-state index is 13.3. The highest BCUT2D eigenvalue weighted by atomic mass is 16.5. The van der Waals surface area contributed by atoms with Gasteiger partial charge in [-0.3, -0.25) is 14.5 Å². The molecular formula is C29H29NO4. The number of nitrogens with zero attached hydrogens (tertiary/aromatic N) is 1. The number of carbonyl (C=O) groups excluding carboxylic acids is 2. The van der Waals surface area contributed by atoms with E-state index in [0.717, 1.165) is 16.7 Å². The van der Waals surface area contributed by atoms with Crippen molar-refractivity contribution < 1.29 is 19.4 Å². The van der Waals surface area contributed by atoms with Crippen LogP contribution in [-0.2, 0) is 9.59 Å². The van der Waals surface area contributed by atoms with Crippen molar-refractivity contribution in [3.8, 4) is 5.75 Å². The molecule has 1 fully saturated rings. The van der Waals surface area contributed by atoms with Crippen LogP contribution in [0, 0.1) is 6.92 Å². The summed E-state index contributed by atoms with van der Waals surface area (Å²) in [7, 11) is 0. The SMILES string of the molecule is CCOc1cccc(/C(O)=C2/C(=O)C(=O)N(c3ccc(C(C)C)cc3)C2c2cccc(C)c2)c1. The van der Waals surface area contributed by atoms with E-state index in [1.54, 1.807) is 24.3 Å². The maximum absolute atomic E-state index is 13.3. The van der Waals surface area contributed by atoms with Crippen LogP contribution in [0.4, 0.5) is 5.69 Å². The van der Waals surface area contributed by atoms with E-state index in [4.69, 9.17) is 4.74 Å². The maximum Gasteiger partial charge on any atom is 0.300 e.